The van der Waals surface area contributed by atoms with E-state index in [1.165, 1.54) is 17.5 Å². The minimum atomic E-state index is -0.459. The maximum atomic E-state index is 12.0. The molecular weight excluding hydrogens is 336 g/mol. The van der Waals surface area contributed by atoms with Crippen molar-refractivity contribution < 1.29 is 9.59 Å². The summed E-state index contributed by atoms with van der Waals surface area (Å²) < 4.78 is 2.15. The van der Waals surface area contributed by atoms with E-state index in [9.17, 15) is 9.59 Å². The average Bonchev–Trinajstić information content (AvgIpc) is 2.99. The van der Waals surface area contributed by atoms with Crippen molar-refractivity contribution in [1.29, 1.82) is 0 Å². The van der Waals surface area contributed by atoms with Gasteiger partial charge in [-0.3, -0.25) is 14.7 Å². The molecule has 2 N–H and O–H groups in total. The first-order valence-corrected chi connectivity index (χ1v) is 9.54. The Morgan fingerprint density at radius 1 is 1.20 bits per heavy atom. The number of hydrogen-bond donors (Lipinski definition) is 2. The van der Waals surface area contributed by atoms with Crippen LogP contribution in [0.5, 0.6) is 0 Å². The second-order valence-electron chi connectivity index (χ2n) is 5.86. The van der Waals surface area contributed by atoms with Gasteiger partial charge in [-0.05, 0) is 44.7 Å². The number of carbonyl (C=O) groups excluding carboxylic acids is 2. The summed E-state index contributed by atoms with van der Waals surface area (Å²) in [6.07, 6.45) is 4.30. The highest BCUT2D eigenvalue weighted by molar-refractivity contribution is 7.99. The zero-order valence-electron chi connectivity index (χ0n) is 14.2. The number of nitrogens with zero attached hydrogens (tertiary/aromatic N) is 2. The van der Waals surface area contributed by atoms with Crippen LogP contribution >= 0.6 is 11.8 Å². The standard InChI is InChI=1S/C18H22N4O2S/c1-2-19-17(24)21-16(23)12-25-18-20-14-10-6-7-11-15(14)22(18)13-8-4-3-5-9-13/h3-5,8-9H,2,6-7,10-12H2,1H3,(H2,19,21,23,24). The first-order valence-electron chi connectivity index (χ1n) is 8.55. The molecule has 1 heterocycles. The predicted molar refractivity (Wildman–Crippen MR) is 98.1 cm³/mol. The summed E-state index contributed by atoms with van der Waals surface area (Å²) in [7, 11) is 0. The Kier molecular flexibility index (Phi) is 5.75. The maximum absolute atomic E-state index is 12.0. The number of imide groups is 1. The highest BCUT2D eigenvalue weighted by Gasteiger charge is 2.22. The van der Waals surface area contributed by atoms with E-state index in [2.05, 4.69) is 27.3 Å². The van der Waals surface area contributed by atoms with Crippen molar-refractivity contribution in [2.24, 2.45) is 0 Å². The summed E-state index contributed by atoms with van der Waals surface area (Å²) >= 11 is 1.36. The Hall–Kier alpha value is -2.28. The molecule has 0 aliphatic heterocycles. The smallest absolute Gasteiger partial charge is 0.321 e. The molecule has 0 atom stereocenters. The van der Waals surface area contributed by atoms with Gasteiger partial charge in [0, 0.05) is 17.9 Å². The largest absolute Gasteiger partial charge is 0.338 e. The van der Waals surface area contributed by atoms with Gasteiger partial charge in [0.15, 0.2) is 5.16 Å². The number of urea groups is 1. The fourth-order valence-electron chi connectivity index (χ4n) is 2.95. The third kappa shape index (κ3) is 4.22. The molecule has 7 heteroatoms. The fraction of sp³-hybridized carbons (Fsp3) is 0.389. The number of rotatable bonds is 5. The summed E-state index contributed by atoms with van der Waals surface area (Å²) in [5.74, 6) is -0.170. The Morgan fingerprint density at radius 2 is 1.96 bits per heavy atom. The van der Waals surface area contributed by atoms with Crippen LogP contribution < -0.4 is 10.6 Å². The summed E-state index contributed by atoms with van der Waals surface area (Å²) in [5.41, 5.74) is 3.43. The summed E-state index contributed by atoms with van der Waals surface area (Å²) in [6, 6.07) is 9.63. The van der Waals surface area contributed by atoms with Crippen molar-refractivity contribution in [3.05, 3.63) is 41.7 Å². The van der Waals surface area contributed by atoms with Gasteiger partial charge < -0.3 is 5.32 Å². The lowest BCUT2D eigenvalue weighted by Gasteiger charge is -2.15. The summed E-state index contributed by atoms with van der Waals surface area (Å²) in [6.45, 7) is 2.29. The third-order valence-electron chi connectivity index (χ3n) is 4.04. The molecule has 0 radical (unpaired) electrons. The molecule has 3 amide bonds. The molecule has 3 rings (SSSR count). The first kappa shape index (κ1) is 17.5. The molecule has 1 aromatic heterocycles. The van der Waals surface area contributed by atoms with Crippen molar-refractivity contribution >= 4 is 23.7 Å². The van der Waals surface area contributed by atoms with Gasteiger partial charge in [0.25, 0.3) is 0 Å². The number of hydrogen-bond acceptors (Lipinski definition) is 4. The fourth-order valence-corrected chi connectivity index (χ4v) is 3.81. The Morgan fingerprint density at radius 3 is 2.72 bits per heavy atom. The van der Waals surface area contributed by atoms with Crippen molar-refractivity contribution in [3.8, 4) is 5.69 Å². The second kappa shape index (κ2) is 8.20. The minimum absolute atomic E-state index is 0.153. The number of imidazole rings is 1. The van der Waals surface area contributed by atoms with Gasteiger partial charge >= 0.3 is 6.03 Å². The van der Waals surface area contributed by atoms with Gasteiger partial charge in [-0.1, -0.05) is 30.0 Å². The number of aromatic nitrogens is 2. The van der Waals surface area contributed by atoms with Crippen LogP contribution in [-0.2, 0) is 17.6 Å². The topological polar surface area (TPSA) is 76.0 Å². The molecule has 0 unspecified atom stereocenters. The Labute approximate surface area is 151 Å². The van der Waals surface area contributed by atoms with Crippen LogP contribution in [0.2, 0.25) is 0 Å². The quantitative estimate of drug-likeness (QED) is 0.806. The van der Waals surface area contributed by atoms with Crippen LogP contribution in [0, 0.1) is 0 Å². The monoisotopic (exact) mass is 358 g/mol. The number of fused-ring (bicyclic) bond motifs is 1. The molecule has 0 saturated carbocycles. The molecule has 0 spiro atoms. The van der Waals surface area contributed by atoms with Crippen molar-refractivity contribution in [2.45, 2.75) is 37.8 Å². The molecule has 0 saturated heterocycles. The van der Waals surface area contributed by atoms with E-state index in [1.54, 1.807) is 6.92 Å². The van der Waals surface area contributed by atoms with E-state index in [4.69, 9.17) is 4.98 Å². The lowest BCUT2D eigenvalue weighted by molar-refractivity contribution is -0.117. The lowest BCUT2D eigenvalue weighted by Crippen LogP contribution is -2.40. The van der Waals surface area contributed by atoms with Gasteiger partial charge in [-0.25, -0.2) is 9.78 Å². The zero-order chi connectivity index (χ0) is 17.6. The van der Waals surface area contributed by atoms with Crippen LogP contribution in [0.1, 0.15) is 31.2 Å². The van der Waals surface area contributed by atoms with E-state index in [-0.39, 0.29) is 11.7 Å². The molecule has 0 fully saturated rings. The van der Waals surface area contributed by atoms with Crippen LogP contribution in [-0.4, -0.2) is 33.8 Å². The number of amides is 3. The lowest BCUT2D eigenvalue weighted by atomic mass is 10.0. The van der Waals surface area contributed by atoms with E-state index in [1.807, 2.05) is 18.2 Å². The molecule has 1 aromatic carbocycles. The maximum Gasteiger partial charge on any atom is 0.321 e. The van der Waals surface area contributed by atoms with E-state index in [0.29, 0.717) is 6.54 Å². The summed E-state index contributed by atoms with van der Waals surface area (Å²) in [5, 5.41) is 5.69. The number of thioether (sulfide) groups is 1. The van der Waals surface area contributed by atoms with Crippen LogP contribution in [0.3, 0.4) is 0 Å². The van der Waals surface area contributed by atoms with Crippen molar-refractivity contribution in [2.75, 3.05) is 12.3 Å². The predicted octanol–water partition coefficient (Wildman–Crippen LogP) is 2.69. The van der Waals surface area contributed by atoms with E-state index < -0.39 is 6.03 Å². The van der Waals surface area contributed by atoms with Crippen molar-refractivity contribution in [1.82, 2.24) is 20.2 Å². The first-order chi connectivity index (χ1) is 12.2. The number of aryl methyl sites for hydroxylation is 1. The number of benzene rings is 1. The SMILES string of the molecule is CCNC(=O)NC(=O)CSc1nc2c(n1-c1ccccc1)CCCC2. The highest BCUT2D eigenvalue weighted by Crippen LogP contribution is 2.30. The summed E-state index contributed by atoms with van der Waals surface area (Å²) in [4.78, 5) is 28.2. The minimum Gasteiger partial charge on any atom is -0.338 e. The molecular formula is C18H22N4O2S. The number of para-hydroxylation sites is 1. The molecule has 25 heavy (non-hydrogen) atoms. The second-order valence-corrected chi connectivity index (χ2v) is 6.80. The molecule has 132 valence electrons. The van der Waals surface area contributed by atoms with E-state index >= 15 is 0 Å². The van der Waals surface area contributed by atoms with Crippen LogP contribution in [0.4, 0.5) is 4.79 Å². The Bertz CT molecular complexity index is 758. The number of nitrogens with one attached hydrogen (secondary N) is 2. The highest BCUT2D eigenvalue weighted by atomic mass is 32.2. The van der Waals surface area contributed by atoms with Crippen molar-refractivity contribution in [3.63, 3.8) is 0 Å². The van der Waals surface area contributed by atoms with Crippen LogP contribution in [0.15, 0.2) is 35.5 Å². The average molecular weight is 358 g/mol. The van der Waals surface area contributed by atoms with Gasteiger partial charge in [0.1, 0.15) is 0 Å². The van der Waals surface area contributed by atoms with Crippen LogP contribution in [0.25, 0.3) is 5.69 Å². The van der Waals surface area contributed by atoms with Gasteiger partial charge in [-0.2, -0.15) is 0 Å². The van der Waals surface area contributed by atoms with Gasteiger partial charge in [0.2, 0.25) is 5.91 Å². The molecule has 6 nitrogen and oxygen atoms in total. The molecule has 1 aliphatic carbocycles. The molecule has 0 bridgehead atoms. The van der Waals surface area contributed by atoms with E-state index in [0.717, 1.165) is 42.2 Å². The zero-order valence-corrected chi connectivity index (χ0v) is 15.1. The molecule has 1 aliphatic rings. The normalized spacial score (nSPS) is 13.2. The van der Waals surface area contributed by atoms with Gasteiger partial charge in [-0.15, -0.1) is 0 Å². The Balaban J connectivity index is 1.78. The molecule has 2 aromatic rings. The third-order valence-corrected chi connectivity index (χ3v) is 4.98. The van der Waals surface area contributed by atoms with Gasteiger partial charge in [0.05, 0.1) is 11.4 Å². The number of carbonyl (C=O) groups is 2.